The highest BCUT2D eigenvalue weighted by atomic mass is 14.8. The van der Waals surface area contributed by atoms with Crippen molar-refractivity contribution in [2.45, 2.75) is 12.0 Å². The molecule has 2 heteroatoms. The number of hydrogen-bond acceptors (Lipinski definition) is 2. The van der Waals surface area contributed by atoms with Crippen LogP contribution in [0.1, 0.15) is 16.7 Å². The number of allylic oxidation sites excluding steroid dienone is 1. The molecule has 0 saturated carbocycles. The fourth-order valence-corrected chi connectivity index (χ4v) is 2.93. The minimum absolute atomic E-state index is 0.720. The van der Waals surface area contributed by atoms with E-state index >= 15 is 0 Å². The van der Waals surface area contributed by atoms with Crippen LogP contribution in [0.25, 0.3) is 11.1 Å². The predicted molar refractivity (Wildman–Crippen MR) is 76.4 cm³/mol. The van der Waals surface area contributed by atoms with Crippen LogP contribution >= 0.6 is 0 Å². The molecule has 2 nitrogen and oxygen atoms in total. The normalized spacial score (nSPS) is 19.4. The maximum absolute atomic E-state index is 9.61. The lowest BCUT2D eigenvalue weighted by molar-refractivity contribution is 0.711. The molecular weight excluding hydrogens is 232 g/mol. The van der Waals surface area contributed by atoms with Crippen molar-refractivity contribution >= 4 is 0 Å². The van der Waals surface area contributed by atoms with Gasteiger partial charge in [-0.1, -0.05) is 48.5 Å². The van der Waals surface area contributed by atoms with E-state index in [-0.39, 0.29) is 0 Å². The average molecular weight is 246 g/mol. The summed E-state index contributed by atoms with van der Waals surface area (Å²) in [6.07, 6.45) is 2.56. The van der Waals surface area contributed by atoms with Crippen molar-refractivity contribution in [3.05, 3.63) is 71.8 Å². The van der Waals surface area contributed by atoms with E-state index in [1.807, 2.05) is 48.5 Å². The maximum Gasteiger partial charge on any atom is 0.156 e. The van der Waals surface area contributed by atoms with Gasteiger partial charge in [-0.3, -0.25) is 0 Å². The molecule has 1 unspecified atom stereocenters. The first-order chi connectivity index (χ1) is 9.22. The molecule has 0 fully saturated rings. The highest BCUT2D eigenvalue weighted by Gasteiger charge is 2.41. The van der Waals surface area contributed by atoms with Crippen LogP contribution < -0.4 is 5.73 Å². The largest absolute Gasteiger partial charge is 0.306 e. The third-order valence-electron chi connectivity index (χ3n) is 3.73. The third kappa shape index (κ3) is 1.46. The molecule has 0 aliphatic heterocycles. The molecule has 2 aromatic rings. The number of fused-ring (bicyclic) bond motifs is 3. The van der Waals surface area contributed by atoms with Crippen molar-refractivity contribution in [2.75, 3.05) is 0 Å². The van der Waals surface area contributed by atoms with Crippen molar-refractivity contribution in [2.24, 2.45) is 5.73 Å². The van der Waals surface area contributed by atoms with Crippen molar-refractivity contribution in [1.29, 1.82) is 5.26 Å². The van der Waals surface area contributed by atoms with Crippen molar-refractivity contribution < 1.29 is 0 Å². The lowest BCUT2D eigenvalue weighted by Crippen LogP contribution is -2.34. The molecule has 0 saturated heterocycles. The summed E-state index contributed by atoms with van der Waals surface area (Å²) < 4.78 is 0. The zero-order chi connectivity index (χ0) is 13.5. The van der Waals surface area contributed by atoms with E-state index in [1.54, 1.807) is 0 Å². The minimum atomic E-state index is -1.05. The molecule has 0 heterocycles. The summed E-state index contributed by atoms with van der Waals surface area (Å²) in [5, 5.41) is 9.61. The van der Waals surface area contributed by atoms with Crippen LogP contribution in [0.2, 0.25) is 0 Å². The minimum Gasteiger partial charge on any atom is -0.306 e. The lowest BCUT2D eigenvalue weighted by atomic mass is 9.86. The Labute approximate surface area is 112 Å². The van der Waals surface area contributed by atoms with Gasteiger partial charge in [0.05, 0.1) is 6.07 Å². The summed E-state index contributed by atoms with van der Waals surface area (Å²) in [5.74, 6) is 0. The molecule has 0 amide bonds. The van der Waals surface area contributed by atoms with Gasteiger partial charge in [0.25, 0.3) is 0 Å². The highest BCUT2D eigenvalue weighted by Crippen LogP contribution is 2.47. The Hall–Kier alpha value is -2.37. The Kier molecular flexibility index (Phi) is 2.51. The van der Waals surface area contributed by atoms with Gasteiger partial charge in [0.1, 0.15) is 0 Å². The van der Waals surface area contributed by atoms with E-state index in [2.05, 4.69) is 12.6 Å². The number of nitrogens with two attached hydrogens (primary N) is 1. The Balaban J connectivity index is 2.39. The zero-order valence-electron chi connectivity index (χ0n) is 10.6. The molecule has 0 bridgehead atoms. The second-order valence-corrected chi connectivity index (χ2v) is 4.80. The van der Waals surface area contributed by atoms with E-state index < -0.39 is 5.54 Å². The molecule has 19 heavy (non-hydrogen) atoms. The van der Waals surface area contributed by atoms with Crippen molar-refractivity contribution in [3.63, 3.8) is 0 Å². The Morgan fingerprint density at radius 1 is 1.16 bits per heavy atom. The second kappa shape index (κ2) is 4.08. The van der Waals surface area contributed by atoms with E-state index in [0.717, 1.165) is 34.2 Å². The number of hydrogen-bond donors (Lipinski definition) is 1. The van der Waals surface area contributed by atoms with Gasteiger partial charge in [0.15, 0.2) is 5.54 Å². The quantitative estimate of drug-likeness (QED) is 0.828. The molecule has 2 N–H and O–H groups in total. The molecule has 2 aromatic carbocycles. The lowest BCUT2D eigenvalue weighted by Gasteiger charge is -2.20. The van der Waals surface area contributed by atoms with Gasteiger partial charge in [-0.05, 0) is 28.7 Å². The van der Waals surface area contributed by atoms with Crippen LogP contribution in [0.5, 0.6) is 0 Å². The second-order valence-electron chi connectivity index (χ2n) is 4.80. The van der Waals surface area contributed by atoms with Crippen LogP contribution in [0.3, 0.4) is 0 Å². The fourth-order valence-electron chi connectivity index (χ4n) is 2.93. The Morgan fingerprint density at radius 2 is 1.89 bits per heavy atom. The van der Waals surface area contributed by atoms with E-state index in [9.17, 15) is 5.26 Å². The average Bonchev–Trinajstić information content (AvgIpc) is 2.72. The van der Waals surface area contributed by atoms with Gasteiger partial charge in [-0.15, -0.1) is 6.58 Å². The highest BCUT2D eigenvalue weighted by molar-refractivity contribution is 5.83. The fraction of sp³-hybridized carbons (Fsp3) is 0.118. The SMILES string of the molecule is C=CCc1cccc2c1C(N)(C#N)c1ccccc1-2. The van der Waals surface area contributed by atoms with E-state index in [4.69, 9.17) is 5.73 Å². The molecule has 1 aliphatic carbocycles. The van der Waals surface area contributed by atoms with Gasteiger partial charge < -0.3 is 5.73 Å². The van der Waals surface area contributed by atoms with E-state index in [1.165, 1.54) is 0 Å². The molecule has 1 aliphatic rings. The molecule has 0 spiro atoms. The van der Waals surface area contributed by atoms with Gasteiger partial charge in [-0.2, -0.15) is 5.26 Å². The van der Waals surface area contributed by atoms with Gasteiger partial charge >= 0.3 is 0 Å². The van der Waals surface area contributed by atoms with Gasteiger partial charge in [-0.25, -0.2) is 0 Å². The molecule has 3 rings (SSSR count). The van der Waals surface area contributed by atoms with Crippen LogP contribution in [-0.4, -0.2) is 0 Å². The topological polar surface area (TPSA) is 49.8 Å². The molecular formula is C17H14N2. The zero-order valence-corrected chi connectivity index (χ0v) is 10.6. The number of nitriles is 1. The van der Waals surface area contributed by atoms with Crippen molar-refractivity contribution in [1.82, 2.24) is 0 Å². The predicted octanol–water partition coefficient (Wildman–Crippen LogP) is 3.12. The first-order valence-corrected chi connectivity index (χ1v) is 6.25. The monoisotopic (exact) mass is 246 g/mol. The standard InChI is InChI=1S/C17H14N2/c1-2-6-12-7-5-9-14-13-8-3-4-10-15(13)17(19,11-18)16(12)14/h2-5,7-10H,1,6,19H2. The Bertz CT molecular complexity index is 709. The summed E-state index contributed by atoms with van der Waals surface area (Å²) in [4.78, 5) is 0. The molecule has 0 radical (unpaired) electrons. The summed E-state index contributed by atoms with van der Waals surface area (Å²) in [6, 6.07) is 16.2. The first-order valence-electron chi connectivity index (χ1n) is 6.25. The first kappa shape index (κ1) is 11.7. The van der Waals surface area contributed by atoms with Crippen molar-refractivity contribution in [3.8, 4) is 17.2 Å². The summed E-state index contributed by atoms with van der Waals surface area (Å²) in [7, 11) is 0. The molecule has 92 valence electrons. The summed E-state index contributed by atoms with van der Waals surface area (Å²) >= 11 is 0. The summed E-state index contributed by atoms with van der Waals surface area (Å²) in [5.41, 5.74) is 10.4. The maximum atomic E-state index is 9.61. The van der Waals surface area contributed by atoms with Crippen LogP contribution in [-0.2, 0) is 12.0 Å². The number of nitrogens with zero attached hydrogens (tertiary/aromatic N) is 1. The Morgan fingerprint density at radius 3 is 2.63 bits per heavy atom. The van der Waals surface area contributed by atoms with Crippen LogP contribution in [0, 0.1) is 11.3 Å². The molecule has 0 aromatic heterocycles. The van der Waals surface area contributed by atoms with Gasteiger partial charge in [0, 0.05) is 5.56 Å². The van der Waals surface area contributed by atoms with E-state index in [0.29, 0.717) is 0 Å². The number of benzene rings is 2. The third-order valence-corrected chi connectivity index (χ3v) is 3.73. The van der Waals surface area contributed by atoms with Gasteiger partial charge in [0.2, 0.25) is 0 Å². The van der Waals surface area contributed by atoms with Crippen LogP contribution in [0.4, 0.5) is 0 Å². The summed E-state index contributed by atoms with van der Waals surface area (Å²) in [6.45, 7) is 3.78. The number of rotatable bonds is 2. The van der Waals surface area contributed by atoms with Crippen LogP contribution in [0.15, 0.2) is 55.1 Å². The smallest absolute Gasteiger partial charge is 0.156 e. The molecule has 1 atom stereocenters.